The van der Waals surface area contributed by atoms with Crippen molar-refractivity contribution in [3.8, 4) is 40.1 Å². The molecule has 1 saturated heterocycles. The van der Waals surface area contributed by atoms with E-state index in [4.69, 9.17) is 10.2 Å². The Morgan fingerprint density at radius 1 is 0.927 bits per heavy atom. The number of rotatable bonds is 7. The van der Waals surface area contributed by atoms with Crippen LogP contribution in [-0.4, -0.2) is 48.5 Å². The van der Waals surface area contributed by atoms with Gasteiger partial charge in [0.1, 0.15) is 23.4 Å². The average molecular weight is 545 g/mol. The minimum atomic E-state index is -0.373. The maximum atomic E-state index is 13.5. The summed E-state index contributed by atoms with van der Waals surface area (Å²) in [5.41, 5.74) is 5.78. The number of nitrogens with one attached hydrogen (secondary N) is 1. The highest BCUT2D eigenvalue weighted by Gasteiger charge is 2.22. The van der Waals surface area contributed by atoms with E-state index in [1.165, 1.54) is 17.8 Å². The Morgan fingerprint density at radius 3 is 2.41 bits per heavy atom. The van der Waals surface area contributed by atoms with Gasteiger partial charge in [-0.25, -0.2) is 24.3 Å². The van der Waals surface area contributed by atoms with Gasteiger partial charge in [0.2, 0.25) is 5.82 Å². The molecule has 1 N–H and O–H groups in total. The Hall–Kier alpha value is -4.94. The summed E-state index contributed by atoms with van der Waals surface area (Å²) in [5.74, 6) is 1.20. The predicted octanol–water partition coefficient (Wildman–Crippen LogP) is 5.69. The number of hydrogen-bond acceptors (Lipinski definition) is 7. The third-order valence-electron chi connectivity index (χ3n) is 7.43. The Balaban J connectivity index is 1.17. The van der Waals surface area contributed by atoms with E-state index in [0.29, 0.717) is 23.4 Å². The summed E-state index contributed by atoms with van der Waals surface area (Å²) in [7, 11) is 1.97. The van der Waals surface area contributed by atoms with Crippen LogP contribution in [0.3, 0.4) is 0 Å². The molecule has 4 heterocycles. The SMILES string of the molecule is Cn1c(-c2ccc(F)cn2)nc(-c2ccc(CN3CCC(Nc4ccnc(C#N)n4)CC3)cc2)c1-c1ccccc1. The summed E-state index contributed by atoms with van der Waals surface area (Å²) in [6, 6.07) is 25.9. The molecule has 0 amide bonds. The lowest BCUT2D eigenvalue weighted by molar-refractivity contribution is 0.211. The largest absolute Gasteiger partial charge is 0.367 e. The van der Waals surface area contributed by atoms with Crippen molar-refractivity contribution in [1.82, 2.24) is 29.4 Å². The standard InChI is InChI=1S/C32H29FN8/c1-40-31(24-5-3-2-4-6-24)30(39-32(40)27-12-11-25(33)20-36-27)23-9-7-22(8-10-23)21-41-17-14-26(15-18-41)37-28-13-16-35-29(19-34)38-28/h2-13,16,20,26H,14-15,17-18,21H2,1H3,(H,35,37,38). The maximum absolute atomic E-state index is 13.5. The molecule has 204 valence electrons. The van der Waals surface area contributed by atoms with Crippen LogP contribution in [-0.2, 0) is 13.6 Å². The number of anilines is 1. The fourth-order valence-electron chi connectivity index (χ4n) is 5.33. The van der Waals surface area contributed by atoms with Gasteiger partial charge in [-0.05, 0) is 36.6 Å². The number of pyridine rings is 1. The maximum Gasteiger partial charge on any atom is 0.234 e. The highest BCUT2D eigenvalue weighted by Crippen LogP contribution is 2.35. The van der Waals surface area contributed by atoms with E-state index in [0.717, 1.165) is 55.0 Å². The highest BCUT2D eigenvalue weighted by atomic mass is 19.1. The lowest BCUT2D eigenvalue weighted by Crippen LogP contribution is -2.38. The van der Waals surface area contributed by atoms with Crippen molar-refractivity contribution in [3.05, 3.63) is 102 Å². The van der Waals surface area contributed by atoms with E-state index in [9.17, 15) is 4.39 Å². The Bertz CT molecular complexity index is 1670. The van der Waals surface area contributed by atoms with Crippen LogP contribution in [0.1, 0.15) is 24.2 Å². The van der Waals surface area contributed by atoms with Gasteiger partial charge in [-0.15, -0.1) is 0 Å². The molecule has 0 radical (unpaired) electrons. The molecular weight excluding hydrogens is 515 g/mol. The summed E-state index contributed by atoms with van der Waals surface area (Å²) in [5, 5.41) is 12.5. The molecule has 9 heteroatoms. The highest BCUT2D eigenvalue weighted by molar-refractivity contribution is 5.81. The van der Waals surface area contributed by atoms with Gasteiger partial charge < -0.3 is 9.88 Å². The fourth-order valence-corrected chi connectivity index (χ4v) is 5.33. The lowest BCUT2D eigenvalue weighted by Gasteiger charge is -2.32. The Labute approximate surface area is 238 Å². The van der Waals surface area contributed by atoms with E-state index < -0.39 is 0 Å². The Morgan fingerprint density at radius 2 is 1.71 bits per heavy atom. The normalized spacial score (nSPS) is 14.1. The average Bonchev–Trinajstić information content (AvgIpc) is 3.36. The topological polar surface area (TPSA) is 95.5 Å². The van der Waals surface area contributed by atoms with Crippen LogP contribution in [0.15, 0.2) is 85.2 Å². The molecule has 0 spiro atoms. The van der Waals surface area contributed by atoms with Crippen LogP contribution in [0.25, 0.3) is 34.0 Å². The van der Waals surface area contributed by atoms with Crippen LogP contribution in [0.2, 0.25) is 0 Å². The van der Waals surface area contributed by atoms with Crippen LogP contribution in [0, 0.1) is 17.1 Å². The summed E-state index contributed by atoms with van der Waals surface area (Å²) in [6.07, 6.45) is 4.83. The number of imidazole rings is 1. The first-order valence-electron chi connectivity index (χ1n) is 13.6. The van der Waals surface area contributed by atoms with Gasteiger partial charge in [-0.1, -0.05) is 54.6 Å². The van der Waals surface area contributed by atoms with Gasteiger partial charge in [0.15, 0.2) is 5.82 Å². The monoisotopic (exact) mass is 544 g/mol. The smallest absolute Gasteiger partial charge is 0.234 e. The van der Waals surface area contributed by atoms with E-state index in [-0.39, 0.29) is 11.6 Å². The summed E-state index contributed by atoms with van der Waals surface area (Å²) < 4.78 is 15.6. The van der Waals surface area contributed by atoms with Crippen molar-refractivity contribution in [3.63, 3.8) is 0 Å². The zero-order chi connectivity index (χ0) is 28.2. The first-order chi connectivity index (χ1) is 20.1. The third kappa shape index (κ3) is 5.83. The van der Waals surface area contributed by atoms with Gasteiger partial charge in [0, 0.05) is 50.0 Å². The molecule has 1 aliphatic heterocycles. The molecule has 5 aromatic rings. The van der Waals surface area contributed by atoms with Crippen LogP contribution in [0.5, 0.6) is 0 Å². The van der Waals surface area contributed by atoms with Crippen molar-refractivity contribution in [1.29, 1.82) is 5.26 Å². The van der Waals surface area contributed by atoms with E-state index >= 15 is 0 Å². The Kier molecular flexibility index (Phi) is 7.48. The number of likely N-dealkylation sites (tertiary alicyclic amines) is 1. The van der Waals surface area contributed by atoms with Crippen molar-refractivity contribution >= 4 is 5.82 Å². The van der Waals surface area contributed by atoms with E-state index in [1.54, 1.807) is 18.3 Å². The minimum absolute atomic E-state index is 0.181. The first kappa shape index (κ1) is 26.3. The molecule has 1 fully saturated rings. The number of benzene rings is 2. The first-order valence-corrected chi connectivity index (χ1v) is 13.6. The molecule has 3 aromatic heterocycles. The fraction of sp³-hybridized carbons (Fsp3) is 0.219. The number of nitrogens with zero attached hydrogens (tertiary/aromatic N) is 7. The van der Waals surface area contributed by atoms with Crippen molar-refractivity contribution in [2.24, 2.45) is 7.05 Å². The van der Waals surface area contributed by atoms with Crippen molar-refractivity contribution in [2.75, 3.05) is 18.4 Å². The quantitative estimate of drug-likeness (QED) is 0.281. The van der Waals surface area contributed by atoms with Gasteiger partial charge in [-0.3, -0.25) is 4.90 Å². The van der Waals surface area contributed by atoms with Gasteiger partial charge in [0.25, 0.3) is 0 Å². The second-order valence-electron chi connectivity index (χ2n) is 10.2. The summed E-state index contributed by atoms with van der Waals surface area (Å²) in [4.78, 5) is 19.9. The van der Waals surface area contributed by atoms with Crippen LogP contribution >= 0.6 is 0 Å². The van der Waals surface area contributed by atoms with Crippen LogP contribution < -0.4 is 5.32 Å². The lowest BCUT2D eigenvalue weighted by atomic mass is 10.0. The van der Waals surface area contributed by atoms with Crippen molar-refractivity contribution < 1.29 is 4.39 Å². The molecule has 8 nitrogen and oxygen atoms in total. The van der Waals surface area contributed by atoms with Gasteiger partial charge in [0.05, 0.1) is 17.6 Å². The predicted molar refractivity (Wildman–Crippen MR) is 156 cm³/mol. The number of hydrogen-bond donors (Lipinski definition) is 1. The third-order valence-corrected chi connectivity index (χ3v) is 7.43. The molecule has 41 heavy (non-hydrogen) atoms. The zero-order valence-electron chi connectivity index (χ0n) is 22.7. The molecule has 0 atom stereocenters. The summed E-state index contributed by atoms with van der Waals surface area (Å²) in [6.45, 7) is 2.82. The number of nitriles is 1. The molecule has 1 aliphatic rings. The molecule has 0 aliphatic carbocycles. The van der Waals surface area contributed by atoms with Gasteiger partial charge in [-0.2, -0.15) is 5.26 Å². The number of piperidine rings is 1. The van der Waals surface area contributed by atoms with Crippen LogP contribution in [0.4, 0.5) is 10.2 Å². The molecular formula is C32H29FN8. The second-order valence-corrected chi connectivity index (χ2v) is 10.2. The van der Waals surface area contributed by atoms with E-state index in [1.807, 2.05) is 35.9 Å². The molecule has 0 saturated carbocycles. The molecule has 2 aromatic carbocycles. The van der Waals surface area contributed by atoms with Crippen molar-refractivity contribution in [2.45, 2.75) is 25.4 Å². The zero-order valence-corrected chi connectivity index (χ0v) is 22.7. The number of aromatic nitrogens is 5. The summed E-state index contributed by atoms with van der Waals surface area (Å²) >= 11 is 0. The molecule has 0 bridgehead atoms. The van der Waals surface area contributed by atoms with Gasteiger partial charge >= 0.3 is 0 Å². The number of halogens is 1. The molecule has 0 unspecified atom stereocenters. The van der Waals surface area contributed by atoms with E-state index in [2.05, 4.69) is 61.6 Å². The molecule has 6 rings (SSSR count). The minimum Gasteiger partial charge on any atom is -0.367 e. The second kappa shape index (κ2) is 11.7.